The van der Waals surface area contributed by atoms with E-state index in [2.05, 4.69) is 253 Å². The molecule has 0 radical (unpaired) electrons. The van der Waals surface area contributed by atoms with Crippen molar-refractivity contribution in [1.82, 2.24) is 32.5 Å². The van der Waals surface area contributed by atoms with Gasteiger partial charge in [-0.05, 0) is 87.8 Å². The first-order chi connectivity index (χ1) is 34.2. The minimum absolute atomic E-state index is 0. The average molecular weight is 1080 g/mol. The van der Waals surface area contributed by atoms with Crippen LogP contribution in [0.25, 0.3) is 128 Å². The molecule has 0 aliphatic heterocycles. The molecule has 0 aliphatic carbocycles. The molecule has 0 spiro atoms. The van der Waals surface area contributed by atoms with Crippen molar-refractivity contribution in [2.75, 3.05) is 0 Å². The van der Waals surface area contributed by atoms with Crippen LogP contribution in [0.3, 0.4) is 0 Å². The molecule has 70 heavy (non-hydrogen) atoms. The zero-order valence-corrected chi connectivity index (χ0v) is 39.6. The van der Waals surface area contributed by atoms with Gasteiger partial charge in [-0.15, -0.1) is 41.3 Å². The molecule has 0 aliphatic rings. The summed E-state index contributed by atoms with van der Waals surface area (Å²) >= 11 is 0. The van der Waals surface area contributed by atoms with E-state index < -0.39 is 0 Å². The van der Waals surface area contributed by atoms with E-state index in [1.54, 1.807) is 0 Å². The fourth-order valence-electron chi connectivity index (χ4n) is 10.9. The quantitative estimate of drug-likeness (QED) is 0.156. The Morgan fingerprint density at radius 3 is 1.34 bits per heavy atom. The van der Waals surface area contributed by atoms with Crippen LogP contribution in [0.4, 0.5) is 0 Å². The van der Waals surface area contributed by atoms with E-state index >= 15 is 0 Å². The molecule has 7 nitrogen and oxygen atoms in total. The molecule has 0 N–H and O–H groups in total. The smallest absolute Gasteiger partial charge is 0.358 e. The Kier molecular flexibility index (Phi) is 9.01. The molecule has 5 aromatic heterocycles. The number of benzene rings is 10. The zero-order valence-electron chi connectivity index (χ0n) is 37.3. The second kappa shape index (κ2) is 15.6. The molecule has 15 rings (SSSR count). The Balaban J connectivity index is 0.00000459. The maximum Gasteiger partial charge on any atom is 2.00 e. The van der Waals surface area contributed by atoms with Crippen LogP contribution in [-0.2, 0) is 21.1 Å². The molecule has 0 saturated heterocycles. The zero-order chi connectivity index (χ0) is 45.2. The standard InChI is InChI=1S/C62H37N7.Pt/c1-3-18-40(19-4-1)46-23-17-24-47(41-20-5-2-6-21-41)60(46)42-36-44(38-45(37-42)67-56-31-14-16-33-58(56)69-54-29-12-9-26-51(54)64-62(67)69)65-52-27-10-7-22-48(52)49-35-34-43(39-59(49)65)66-55-30-13-15-32-57(55)68-53-28-11-8-25-50(53)63-61(66)68;/h1-37H;/q-2;+2. The van der Waals surface area contributed by atoms with Gasteiger partial charge in [0.2, 0.25) is 11.6 Å². The van der Waals surface area contributed by atoms with Gasteiger partial charge in [0.15, 0.2) is 0 Å². The van der Waals surface area contributed by atoms with Crippen LogP contribution in [0.5, 0.6) is 0 Å². The number of nitrogens with zero attached hydrogens (tertiary/aromatic N) is 7. The van der Waals surface area contributed by atoms with Gasteiger partial charge in [0.1, 0.15) is 0 Å². The Bertz CT molecular complexity index is 4490. The van der Waals surface area contributed by atoms with Gasteiger partial charge in [-0.3, -0.25) is 8.80 Å². The molecule has 0 fully saturated rings. The average Bonchev–Trinajstić information content (AvgIpc) is 4.21. The van der Waals surface area contributed by atoms with E-state index in [0.717, 1.165) is 128 Å². The summed E-state index contributed by atoms with van der Waals surface area (Å²) in [5.41, 5.74) is 19.6. The first-order valence-electron chi connectivity index (χ1n) is 23.3. The maximum absolute atomic E-state index is 5.34. The van der Waals surface area contributed by atoms with Crippen molar-refractivity contribution in [2.24, 2.45) is 0 Å². The van der Waals surface area contributed by atoms with Crippen LogP contribution < -0.4 is 0 Å². The molecule has 8 heteroatoms. The SMILES string of the molecule is [Pt+2].[c-]1c(-n2c3[c-]c(-n4c5ccccc5n5c6ccccc6nc45)ccc3c3ccccc32)cc(-c2c(-c3ccccc3)cccc2-c2ccccc2)cc1-n1c2ccccc2n2c3ccccc3nc12. The number of para-hydroxylation sites is 9. The van der Waals surface area contributed by atoms with Crippen molar-refractivity contribution in [3.8, 4) is 50.4 Å². The normalized spacial score (nSPS) is 11.9. The summed E-state index contributed by atoms with van der Waals surface area (Å²) in [6, 6.07) is 87.8. The second-order valence-corrected chi connectivity index (χ2v) is 17.7. The Morgan fingerprint density at radius 1 is 0.314 bits per heavy atom. The van der Waals surface area contributed by atoms with Crippen LogP contribution in [0.2, 0.25) is 0 Å². The third-order valence-corrected chi connectivity index (χ3v) is 13.9. The van der Waals surface area contributed by atoms with Gasteiger partial charge in [-0.2, -0.15) is 6.07 Å². The number of hydrogen-bond acceptors (Lipinski definition) is 2. The van der Waals surface area contributed by atoms with Crippen LogP contribution in [-0.4, -0.2) is 32.5 Å². The summed E-state index contributed by atoms with van der Waals surface area (Å²) in [4.78, 5) is 10.6. The van der Waals surface area contributed by atoms with Crippen LogP contribution in [0.15, 0.2) is 224 Å². The topological polar surface area (TPSA) is 49.4 Å². The Hall–Kier alpha value is -8.77. The van der Waals surface area contributed by atoms with Crippen LogP contribution in [0, 0.1) is 12.1 Å². The van der Waals surface area contributed by atoms with Crippen LogP contribution >= 0.6 is 0 Å². The molecule has 0 saturated carbocycles. The molecule has 0 unspecified atom stereocenters. The van der Waals surface area contributed by atoms with Crippen molar-refractivity contribution in [2.45, 2.75) is 0 Å². The maximum atomic E-state index is 5.34. The minimum Gasteiger partial charge on any atom is -0.358 e. The van der Waals surface area contributed by atoms with Crippen LogP contribution in [0.1, 0.15) is 0 Å². The van der Waals surface area contributed by atoms with Gasteiger partial charge in [0.25, 0.3) is 0 Å². The second-order valence-electron chi connectivity index (χ2n) is 17.7. The number of aromatic nitrogens is 7. The van der Waals surface area contributed by atoms with E-state index in [-0.39, 0.29) is 21.1 Å². The first-order valence-corrected chi connectivity index (χ1v) is 23.3. The van der Waals surface area contributed by atoms with Gasteiger partial charge < -0.3 is 13.7 Å². The van der Waals surface area contributed by atoms with E-state index in [1.165, 1.54) is 0 Å². The Labute approximate surface area is 415 Å². The molecule has 0 bridgehead atoms. The predicted molar refractivity (Wildman–Crippen MR) is 281 cm³/mol. The molecule has 10 aromatic carbocycles. The molecule has 5 heterocycles. The summed E-state index contributed by atoms with van der Waals surface area (Å²) in [6.07, 6.45) is 0. The summed E-state index contributed by atoms with van der Waals surface area (Å²) < 4.78 is 11.4. The minimum atomic E-state index is 0. The Morgan fingerprint density at radius 2 is 0.771 bits per heavy atom. The van der Waals surface area contributed by atoms with E-state index in [0.29, 0.717) is 0 Å². The summed E-state index contributed by atoms with van der Waals surface area (Å²) in [5, 5.41) is 2.23. The van der Waals surface area contributed by atoms with E-state index in [4.69, 9.17) is 9.97 Å². The predicted octanol–water partition coefficient (Wildman–Crippen LogP) is 14.9. The number of rotatable bonds is 6. The fourth-order valence-corrected chi connectivity index (χ4v) is 10.9. The molecular formula is C62H37N7Pt. The largest absolute Gasteiger partial charge is 2.00 e. The van der Waals surface area contributed by atoms with Crippen molar-refractivity contribution in [3.05, 3.63) is 237 Å². The molecule has 0 amide bonds. The first kappa shape index (κ1) is 40.3. The number of imidazole rings is 4. The van der Waals surface area contributed by atoms with E-state index in [1.807, 2.05) is 6.07 Å². The fraction of sp³-hybridized carbons (Fsp3) is 0. The van der Waals surface area contributed by atoms with Crippen molar-refractivity contribution in [3.63, 3.8) is 0 Å². The van der Waals surface area contributed by atoms with Gasteiger partial charge in [-0.25, -0.2) is 9.97 Å². The molecule has 15 aromatic rings. The van der Waals surface area contributed by atoms with Crippen molar-refractivity contribution >= 4 is 77.5 Å². The van der Waals surface area contributed by atoms with Gasteiger partial charge in [0.05, 0.1) is 44.1 Å². The number of hydrogen-bond donors (Lipinski definition) is 0. The number of fused-ring (bicyclic) bond motifs is 13. The third-order valence-electron chi connectivity index (χ3n) is 13.9. The third kappa shape index (κ3) is 5.85. The summed E-state index contributed by atoms with van der Waals surface area (Å²) in [7, 11) is 0. The van der Waals surface area contributed by atoms with Crippen molar-refractivity contribution < 1.29 is 21.1 Å². The van der Waals surface area contributed by atoms with E-state index in [9.17, 15) is 0 Å². The summed E-state index contributed by atoms with van der Waals surface area (Å²) in [5.74, 6) is 1.66. The molecular weight excluding hydrogens is 1040 g/mol. The monoisotopic (exact) mass is 1070 g/mol. The van der Waals surface area contributed by atoms with Gasteiger partial charge in [-0.1, -0.05) is 168 Å². The van der Waals surface area contributed by atoms with Gasteiger partial charge >= 0.3 is 21.1 Å². The summed E-state index contributed by atoms with van der Waals surface area (Å²) in [6.45, 7) is 0. The molecule has 330 valence electrons. The molecule has 0 atom stereocenters. The van der Waals surface area contributed by atoms with Gasteiger partial charge in [0, 0.05) is 5.52 Å². The van der Waals surface area contributed by atoms with Crippen molar-refractivity contribution in [1.29, 1.82) is 0 Å².